The highest BCUT2D eigenvalue weighted by atomic mass is 16.6. The quantitative estimate of drug-likeness (QED) is 0.394. The van der Waals surface area contributed by atoms with Crippen molar-refractivity contribution in [2.24, 2.45) is 0 Å². The van der Waals surface area contributed by atoms with Crippen molar-refractivity contribution in [3.63, 3.8) is 0 Å². The molecular weight excluding hydrogens is 242 g/mol. The molecule has 1 aromatic heterocycles. The van der Waals surface area contributed by atoms with E-state index < -0.39 is 4.92 Å². The van der Waals surface area contributed by atoms with Crippen molar-refractivity contribution in [3.8, 4) is 11.8 Å². The summed E-state index contributed by atoms with van der Waals surface area (Å²) >= 11 is 0. The SMILES string of the molecule is CC#CCCNc1ccnc2c([N+](=O)[O-])cccc12. The molecule has 0 aliphatic carbocycles. The molecule has 0 spiro atoms. The molecule has 1 aromatic carbocycles. The van der Waals surface area contributed by atoms with Crippen LogP contribution in [0.4, 0.5) is 11.4 Å². The van der Waals surface area contributed by atoms with E-state index in [-0.39, 0.29) is 5.69 Å². The maximum absolute atomic E-state index is 11.0. The largest absolute Gasteiger partial charge is 0.383 e. The van der Waals surface area contributed by atoms with Crippen LogP contribution in [0.15, 0.2) is 30.5 Å². The molecule has 0 aliphatic heterocycles. The number of non-ortho nitro benzene ring substituents is 1. The van der Waals surface area contributed by atoms with E-state index in [1.165, 1.54) is 6.07 Å². The van der Waals surface area contributed by atoms with Gasteiger partial charge in [-0.2, -0.15) is 0 Å². The second-order valence-corrected chi connectivity index (χ2v) is 3.89. The van der Waals surface area contributed by atoms with E-state index in [2.05, 4.69) is 22.1 Å². The fraction of sp³-hybridized carbons (Fsp3) is 0.214. The average Bonchev–Trinajstić information content (AvgIpc) is 2.43. The van der Waals surface area contributed by atoms with Gasteiger partial charge in [-0.25, -0.2) is 4.98 Å². The molecule has 0 unspecified atom stereocenters. The Morgan fingerprint density at radius 2 is 2.26 bits per heavy atom. The fourth-order valence-corrected chi connectivity index (χ4v) is 1.85. The van der Waals surface area contributed by atoms with E-state index in [1.807, 2.05) is 12.1 Å². The molecule has 0 saturated heterocycles. The molecule has 1 heterocycles. The van der Waals surface area contributed by atoms with Crippen molar-refractivity contribution >= 4 is 22.3 Å². The van der Waals surface area contributed by atoms with Gasteiger partial charge in [-0.1, -0.05) is 12.1 Å². The number of anilines is 1. The Hall–Kier alpha value is -2.61. The molecule has 5 nitrogen and oxygen atoms in total. The van der Waals surface area contributed by atoms with E-state index in [0.29, 0.717) is 12.1 Å². The maximum Gasteiger partial charge on any atom is 0.295 e. The summed E-state index contributed by atoms with van der Waals surface area (Å²) in [5.74, 6) is 5.78. The van der Waals surface area contributed by atoms with Gasteiger partial charge in [-0.05, 0) is 13.0 Å². The third-order valence-corrected chi connectivity index (χ3v) is 2.69. The molecule has 0 saturated carbocycles. The van der Waals surface area contributed by atoms with Crippen LogP contribution in [0.1, 0.15) is 13.3 Å². The zero-order chi connectivity index (χ0) is 13.7. The molecule has 1 N–H and O–H groups in total. The van der Waals surface area contributed by atoms with Crippen molar-refractivity contribution in [1.82, 2.24) is 4.98 Å². The number of pyridine rings is 1. The molecule has 2 aromatic rings. The molecule has 0 bridgehead atoms. The van der Waals surface area contributed by atoms with Crippen LogP contribution in [0.2, 0.25) is 0 Å². The number of hydrogen-bond donors (Lipinski definition) is 1. The van der Waals surface area contributed by atoms with Crippen LogP contribution in [-0.2, 0) is 0 Å². The molecule has 2 rings (SSSR count). The average molecular weight is 255 g/mol. The lowest BCUT2D eigenvalue weighted by Crippen LogP contribution is -2.02. The first-order valence-corrected chi connectivity index (χ1v) is 5.89. The molecule has 0 radical (unpaired) electrons. The van der Waals surface area contributed by atoms with Crippen LogP contribution < -0.4 is 5.32 Å². The number of hydrogen-bond acceptors (Lipinski definition) is 4. The maximum atomic E-state index is 11.0. The highest BCUT2D eigenvalue weighted by molar-refractivity contribution is 5.96. The third kappa shape index (κ3) is 2.80. The highest BCUT2D eigenvalue weighted by Crippen LogP contribution is 2.28. The van der Waals surface area contributed by atoms with Crippen LogP contribution in [0, 0.1) is 22.0 Å². The van der Waals surface area contributed by atoms with Gasteiger partial charge in [0.15, 0.2) is 0 Å². The monoisotopic (exact) mass is 255 g/mol. The zero-order valence-corrected chi connectivity index (χ0v) is 10.5. The van der Waals surface area contributed by atoms with E-state index in [1.54, 1.807) is 19.2 Å². The lowest BCUT2D eigenvalue weighted by atomic mass is 10.1. The number of nitrogens with zero attached hydrogens (tertiary/aromatic N) is 2. The number of benzene rings is 1. The number of fused-ring (bicyclic) bond motifs is 1. The number of nitro groups is 1. The second kappa shape index (κ2) is 5.83. The van der Waals surface area contributed by atoms with Gasteiger partial charge in [0.2, 0.25) is 0 Å². The standard InChI is InChI=1S/C14H13N3O2/c1-2-3-4-9-15-12-8-10-16-14-11(12)6-5-7-13(14)17(18)19/h5-8,10H,4,9H2,1H3,(H,15,16). The molecule has 0 aliphatic rings. The molecule has 0 amide bonds. The molecule has 19 heavy (non-hydrogen) atoms. The van der Waals surface area contributed by atoms with E-state index in [0.717, 1.165) is 17.5 Å². The van der Waals surface area contributed by atoms with Crippen molar-refractivity contribution in [3.05, 3.63) is 40.6 Å². The van der Waals surface area contributed by atoms with Crippen molar-refractivity contribution < 1.29 is 4.92 Å². The summed E-state index contributed by atoms with van der Waals surface area (Å²) in [6.07, 6.45) is 2.30. The smallest absolute Gasteiger partial charge is 0.295 e. The van der Waals surface area contributed by atoms with Gasteiger partial charge in [-0.3, -0.25) is 10.1 Å². The summed E-state index contributed by atoms with van der Waals surface area (Å²) in [4.78, 5) is 14.6. The van der Waals surface area contributed by atoms with Gasteiger partial charge in [0.25, 0.3) is 5.69 Å². The highest BCUT2D eigenvalue weighted by Gasteiger charge is 2.13. The van der Waals surface area contributed by atoms with E-state index in [4.69, 9.17) is 0 Å². The first-order chi connectivity index (χ1) is 9.24. The fourth-order valence-electron chi connectivity index (χ4n) is 1.85. The summed E-state index contributed by atoms with van der Waals surface area (Å²) in [6.45, 7) is 2.49. The van der Waals surface area contributed by atoms with Crippen LogP contribution >= 0.6 is 0 Å². The lowest BCUT2D eigenvalue weighted by Gasteiger charge is -2.07. The van der Waals surface area contributed by atoms with Crippen LogP contribution in [-0.4, -0.2) is 16.5 Å². The van der Waals surface area contributed by atoms with Crippen molar-refractivity contribution in [2.75, 3.05) is 11.9 Å². The molecule has 5 heteroatoms. The summed E-state index contributed by atoms with van der Waals surface area (Å²) in [5, 5.41) is 14.9. The van der Waals surface area contributed by atoms with E-state index in [9.17, 15) is 10.1 Å². The summed E-state index contributed by atoms with van der Waals surface area (Å²) in [7, 11) is 0. The summed E-state index contributed by atoms with van der Waals surface area (Å²) < 4.78 is 0. The van der Waals surface area contributed by atoms with Gasteiger partial charge in [0.05, 0.1) is 4.92 Å². The van der Waals surface area contributed by atoms with Gasteiger partial charge in [0.1, 0.15) is 5.52 Å². The predicted octanol–water partition coefficient (Wildman–Crippen LogP) is 2.97. The Labute approximate surface area is 110 Å². The van der Waals surface area contributed by atoms with Gasteiger partial charge >= 0.3 is 0 Å². The van der Waals surface area contributed by atoms with Crippen LogP contribution in [0.25, 0.3) is 10.9 Å². The number of nitro benzene ring substituents is 1. The number of rotatable bonds is 4. The Morgan fingerprint density at radius 1 is 1.42 bits per heavy atom. The Morgan fingerprint density at radius 3 is 3.00 bits per heavy atom. The number of aromatic nitrogens is 1. The summed E-state index contributed by atoms with van der Waals surface area (Å²) in [5.41, 5.74) is 1.26. The normalized spacial score (nSPS) is 9.74. The predicted molar refractivity (Wildman–Crippen MR) is 75.0 cm³/mol. The lowest BCUT2D eigenvalue weighted by molar-refractivity contribution is -0.383. The first kappa shape index (κ1) is 12.8. The van der Waals surface area contributed by atoms with Crippen LogP contribution in [0.3, 0.4) is 0 Å². The number of nitrogens with one attached hydrogen (secondary N) is 1. The Balaban J connectivity index is 2.37. The van der Waals surface area contributed by atoms with Gasteiger partial charge in [0, 0.05) is 36.3 Å². The third-order valence-electron chi connectivity index (χ3n) is 2.69. The van der Waals surface area contributed by atoms with Crippen LogP contribution in [0.5, 0.6) is 0 Å². The minimum absolute atomic E-state index is 0.0227. The van der Waals surface area contributed by atoms with Crippen molar-refractivity contribution in [2.45, 2.75) is 13.3 Å². The van der Waals surface area contributed by atoms with Gasteiger partial charge in [-0.15, -0.1) is 11.8 Å². The van der Waals surface area contributed by atoms with E-state index >= 15 is 0 Å². The second-order valence-electron chi connectivity index (χ2n) is 3.89. The van der Waals surface area contributed by atoms with Crippen molar-refractivity contribution in [1.29, 1.82) is 0 Å². The summed E-state index contributed by atoms with van der Waals surface area (Å²) in [6, 6.07) is 6.76. The zero-order valence-electron chi connectivity index (χ0n) is 10.5. The minimum Gasteiger partial charge on any atom is -0.383 e. The minimum atomic E-state index is -0.415. The number of para-hydroxylation sites is 1. The molecule has 0 fully saturated rings. The molecular formula is C14H13N3O2. The molecule has 0 atom stereocenters. The molecule has 96 valence electrons. The Bertz CT molecular complexity index is 671. The first-order valence-electron chi connectivity index (χ1n) is 5.89. The topological polar surface area (TPSA) is 68.1 Å². The van der Waals surface area contributed by atoms with Gasteiger partial charge < -0.3 is 5.32 Å². The Kier molecular flexibility index (Phi) is 3.94.